The van der Waals surface area contributed by atoms with Crippen molar-refractivity contribution in [2.45, 2.75) is 39.2 Å². The second-order valence-electron chi connectivity index (χ2n) is 5.58. The minimum atomic E-state index is -0.781. The third kappa shape index (κ3) is 3.97. The number of carboxylic acid groups (broad SMARTS) is 1. The van der Waals surface area contributed by atoms with Gasteiger partial charge in [-0.2, -0.15) is 0 Å². The molecule has 21 heavy (non-hydrogen) atoms. The molecule has 0 bridgehead atoms. The monoisotopic (exact) mass is 354 g/mol. The Hall–Kier alpha value is -1.56. The second kappa shape index (κ2) is 6.47. The number of carbonyl (C=O) groups is 2. The molecule has 5 nitrogen and oxygen atoms in total. The first-order valence-corrected chi connectivity index (χ1v) is 7.73. The number of benzene rings is 1. The van der Waals surface area contributed by atoms with E-state index in [1.165, 1.54) is 0 Å². The smallest absolute Gasteiger partial charge is 0.319 e. The van der Waals surface area contributed by atoms with Gasteiger partial charge in [0, 0.05) is 10.5 Å². The standard InChI is InChI=1S/C15H19BrN2O3/c1-8-5-9(2)13(12(16)6-8)18-15(21)17-11-4-3-10(7-11)14(19)20/h5-6,10-11H,3-4,7H2,1-2H3,(H,19,20)(H2,17,18,21). The van der Waals surface area contributed by atoms with Gasteiger partial charge in [0.15, 0.2) is 0 Å². The molecule has 6 heteroatoms. The van der Waals surface area contributed by atoms with Crippen LogP contribution in [0, 0.1) is 19.8 Å². The Morgan fingerprint density at radius 3 is 2.57 bits per heavy atom. The van der Waals surface area contributed by atoms with Crippen molar-refractivity contribution in [3.8, 4) is 0 Å². The SMILES string of the molecule is Cc1cc(C)c(NC(=O)NC2CCC(C(=O)O)C2)c(Br)c1. The topological polar surface area (TPSA) is 78.4 Å². The highest BCUT2D eigenvalue weighted by Crippen LogP contribution is 2.28. The minimum absolute atomic E-state index is 0.0735. The summed E-state index contributed by atoms with van der Waals surface area (Å²) in [6.07, 6.45) is 1.82. The molecular formula is C15H19BrN2O3. The van der Waals surface area contributed by atoms with E-state index in [2.05, 4.69) is 26.6 Å². The third-order valence-corrected chi connectivity index (χ3v) is 4.41. The van der Waals surface area contributed by atoms with Gasteiger partial charge in [-0.3, -0.25) is 4.79 Å². The number of carbonyl (C=O) groups excluding carboxylic acids is 1. The van der Waals surface area contributed by atoms with Gasteiger partial charge in [0.25, 0.3) is 0 Å². The van der Waals surface area contributed by atoms with E-state index in [-0.39, 0.29) is 18.0 Å². The molecule has 1 aromatic carbocycles. The molecule has 0 radical (unpaired) electrons. The molecule has 1 fully saturated rings. The van der Waals surface area contributed by atoms with E-state index in [1.54, 1.807) is 0 Å². The van der Waals surface area contributed by atoms with Crippen molar-refractivity contribution in [3.63, 3.8) is 0 Å². The summed E-state index contributed by atoms with van der Waals surface area (Å²) in [5, 5.41) is 14.6. The summed E-state index contributed by atoms with van der Waals surface area (Å²) in [6.45, 7) is 3.93. The second-order valence-corrected chi connectivity index (χ2v) is 6.44. The van der Waals surface area contributed by atoms with Crippen LogP contribution in [0.4, 0.5) is 10.5 Å². The predicted molar refractivity (Wildman–Crippen MR) is 84.5 cm³/mol. The first kappa shape index (κ1) is 15.8. The fourth-order valence-electron chi connectivity index (χ4n) is 2.75. The fraction of sp³-hybridized carbons (Fsp3) is 0.467. The van der Waals surface area contributed by atoms with E-state index in [9.17, 15) is 9.59 Å². The van der Waals surface area contributed by atoms with Gasteiger partial charge >= 0.3 is 12.0 Å². The van der Waals surface area contributed by atoms with Crippen LogP contribution >= 0.6 is 15.9 Å². The Bertz CT molecular complexity index is 551. The number of carboxylic acids is 1. The number of halogens is 1. The number of aryl methyl sites for hydroxylation is 2. The maximum Gasteiger partial charge on any atom is 0.319 e. The fourth-order valence-corrected chi connectivity index (χ4v) is 3.52. The van der Waals surface area contributed by atoms with Gasteiger partial charge in [0.2, 0.25) is 0 Å². The number of amides is 2. The lowest BCUT2D eigenvalue weighted by Gasteiger charge is -2.16. The van der Waals surface area contributed by atoms with E-state index < -0.39 is 5.97 Å². The molecule has 2 amide bonds. The van der Waals surface area contributed by atoms with Gasteiger partial charge in [-0.1, -0.05) is 6.07 Å². The molecule has 0 aliphatic heterocycles. The van der Waals surface area contributed by atoms with Crippen molar-refractivity contribution in [1.82, 2.24) is 5.32 Å². The highest BCUT2D eigenvalue weighted by atomic mass is 79.9. The summed E-state index contributed by atoms with van der Waals surface area (Å²) in [5.74, 6) is -1.13. The van der Waals surface area contributed by atoms with Crippen LogP contribution in [0.3, 0.4) is 0 Å². The first-order valence-electron chi connectivity index (χ1n) is 6.94. The molecule has 0 aromatic heterocycles. The molecule has 0 heterocycles. The van der Waals surface area contributed by atoms with Crippen LogP contribution in [0.5, 0.6) is 0 Å². The van der Waals surface area contributed by atoms with Crippen LogP contribution in [0.1, 0.15) is 30.4 Å². The van der Waals surface area contributed by atoms with Crippen LogP contribution in [0.25, 0.3) is 0 Å². The normalized spacial score (nSPS) is 21.1. The number of hydrogen-bond acceptors (Lipinski definition) is 2. The molecule has 3 N–H and O–H groups in total. The minimum Gasteiger partial charge on any atom is -0.481 e. The van der Waals surface area contributed by atoms with E-state index in [0.29, 0.717) is 19.3 Å². The number of hydrogen-bond donors (Lipinski definition) is 3. The molecular weight excluding hydrogens is 336 g/mol. The number of urea groups is 1. The molecule has 1 saturated carbocycles. The highest BCUT2D eigenvalue weighted by Gasteiger charge is 2.30. The highest BCUT2D eigenvalue weighted by molar-refractivity contribution is 9.10. The summed E-state index contributed by atoms with van der Waals surface area (Å²) < 4.78 is 0.838. The molecule has 2 unspecified atom stereocenters. The number of anilines is 1. The zero-order valence-electron chi connectivity index (χ0n) is 12.1. The molecule has 0 saturated heterocycles. The number of rotatable bonds is 3. The van der Waals surface area contributed by atoms with Crippen molar-refractivity contribution in [1.29, 1.82) is 0 Å². The van der Waals surface area contributed by atoms with Crippen LogP contribution in [-0.4, -0.2) is 23.1 Å². The van der Waals surface area contributed by atoms with Gasteiger partial charge in [-0.05, 0) is 66.2 Å². The van der Waals surface area contributed by atoms with Gasteiger partial charge < -0.3 is 15.7 Å². The van der Waals surface area contributed by atoms with Crippen molar-refractivity contribution >= 4 is 33.6 Å². The van der Waals surface area contributed by atoms with Crippen molar-refractivity contribution in [2.75, 3.05) is 5.32 Å². The van der Waals surface area contributed by atoms with Gasteiger partial charge in [-0.15, -0.1) is 0 Å². The van der Waals surface area contributed by atoms with Gasteiger partial charge in [0.1, 0.15) is 0 Å². The average molecular weight is 355 g/mol. The Morgan fingerprint density at radius 1 is 1.29 bits per heavy atom. The largest absolute Gasteiger partial charge is 0.481 e. The van der Waals surface area contributed by atoms with E-state index >= 15 is 0 Å². The lowest BCUT2D eigenvalue weighted by Crippen LogP contribution is -2.37. The Labute approximate surface area is 132 Å². The summed E-state index contributed by atoms with van der Waals surface area (Å²) >= 11 is 3.45. The summed E-state index contributed by atoms with van der Waals surface area (Å²) in [5.41, 5.74) is 2.84. The molecule has 2 atom stereocenters. The Balaban J connectivity index is 1.96. The maximum atomic E-state index is 12.0. The molecule has 1 aliphatic carbocycles. The summed E-state index contributed by atoms with van der Waals surface area (Å²) in [6, 6.07) is 3.57. The quantitative estimate of drug-likeness (QED) is 0.777. The third-order valence-electron chi connectivity index (χ3n) is 3.79. The first-order chi connectivity index (χ1) is 9.86. The summed E-state index contributed by atoms with van der Waals surface area (Å²) in [7, 11) is 0. The van der Waals surface area contributed by atoms with Crippen molar-refractivity contribution in [2.24, 2.45) is 5.92 Å². The van der Waals surface area contributed by atoms with Gasteiger partial charge in [-0.25, -0.2) is 4.79 Å². The Morgan fingerprint density at radius 2 is 2.00 bits per heavy atom. The van der Waals surface area contributed by atoms with Crippen LogP contribution < -0.4 is 10.6 Å². The lowest BCUT2D eigenvalue weighted by atomic mass is 10.1. The zero-order valence-corrected chi connectivity index (χ0v) is 13.7. The van der Waals surface area contributed by atoms with E-state index in [0.717, 1.165) is 21.3 Å². The van der Waals surface area contributed by atoms with E-state index in [4.69, 9.17) is 5.11 Å². The van der Waals surface area contributed by atoms with Crippen LogP contribution in [0.15, 0.2) is 16.6 Å². The molecule has 1 aromatic rings. The number of aliphatic carboxylic acids is 1. The Kier molecular flexibility index (Phi) is 4.88. The van der Waals surface area contributed by atoms with Crippen molar-refractivity contribution in [3.05, 3.63) is 27.7 Å². The van der Waals surface area contributed by atoms with E-state index in [1.807, 2.05) is 26.0 Å². The van der Waals surface area contributed by atoms with Crippen molar-refractivity contribution < 1.29 is 14.7 Å². The maximum absolute atomic E-state index is 12.0. The molecule has 2 rings (SSSR count). The van der Waals surface area contributed by atoms with Crippen LogP contribution in [0.2, 0.25) is 0 Å². The molecule has 1 aliphatic rings. The lowest BCUT2D eigenvalue weighted by molar-refractivity contribution is -0.141. The zero-order chi connectivity index (χ0) is 15.6. The molecule has 114 valence electrons. The van der Waals surface area contributed by atoms with Crippen LogP contribution in [-0.2, 0) is 4.79 Å². The predicted octanol–water partition coefficient (Wildman–Crippen LogP) is 3.44. The summed E-state index contributed by atoms with van der Waals surface area (Å²) in [4.78, 5) is 23.0. The molecule has 0 spiro atoms. The number of nitrogens with one attached hydrogen (secondary N) is 2. The average Bonchev–Trinajstić information content (AvgIpc) is 2.82. The van der Waals surface area contributed by atoms with Gasteiger partial charge in [0.05, 0.1) is 11.6 Å².